The summed E-state index contributed by atoms with van der Waals surface area (Å²) in [5.41, 5.74) is 1.11. The van der Waals surface area contributed by atoms with E-state index in [1.54, 1.807) is 12.4 Å². The molecule has 148 valence electrons. The molecule has 1 aromatic carbocycles. The summed E-state index contributed by atoms with van der Waals surface area (Å²) in [7, 11) is 0. The first kappa shape index (κ1) is 18.9. The SMILES string of the molecule is CC1CCN(c2ncc(NC(=O)C3(c4ccccc4)CCOCC3)cn2)CC1. The predicted octanol–water partition coefficient (Wildman–Crippen LogP) is 3.40. The molecule has 0 spiro atoms. The van der Waals surface area contributed by atoms with Crippen LogP contribution in [-0.4, -0.2) is 42.2 Å². The molecule has 28 heavy (non-hydrogen) atoms. The second kappa shape index (κ2) is 8.27. The summed E-state index contributed by atoms with van der Waals surface area (Å²) >= 11 is 0. The van der Waals surface area contributed by atoms with E-state index in [0.717, 1.165) is 30.5 Å². The smallest absolute Gasteiger partial charge is 0.235 e. The molecule has 6 heteroatoms. The third kappa shape index (κ3) is 3.87. The van der Waals surface area contributed by atoms with Crippen LogP contribution in [0.2, 0.25) is 0 Å². The number of nitrogens with zero attached hydrogens (tertiary/aromatic N) is 3. The fourth-order valence-corrected chi connectivity index (χ4v) is 4.13. The number of benzene rings is 1. The summed E-state index contributed by atoms with van der Waals surface area (Å²) in [5, 5.41) is 3.05. The predicted molar refractivity (Wildman–Crippen MR) is 109 cm³/mol. The van der Waals surface area contributed by atoms with Crippen LogP contribution in [0, 0.1) is 5.92 Å². The Labute approximate surface area is 166 Å². The Hall–Kier alpha value is -2.47. The molecule has 0 atom stereocenters. The average Bonchev–Trinajstić information content (AvgIpc) is 2.76. The lowest BCUT2D eigenvalue weighted by atomic mass is 9.73. The number of carbonyl (C=O) groups excluding carboxylic acids is 1. The molecule has 4 rings (SSSR count). The molecular weight excluding hydrogens is 352 g/mol. The summed E-state index contributed by atoms with van der Waals surface area (Å²) in [4.78, 5) is 24.5. The fraction of sp³-hybridized carbons (Fsp3) is 0.500. The number of nitrogens with one attached hydrogen (secondary N) is 1. The van der Waals surface area contributed by atoms with Gasteiger partial charge >= 0.3 is 0 Å². The normalized spacial score (nSPS) is 20.0. The number of ether oxygens (including phenoxy) is 1. The maximum absolute atomic E-state index is 13.3. The minimum Gasteiger partial charge on any atom is -0.381 e. The van der Waals surface area contributed by atoms with Crippen molar-refractivity contribution in [3.05, 3.63) is 48.3 Å². The molecule has 2 aliphatic heterocycles. The van der Waals surface area contributed by atoms with Gasteiger partial charge in [-0.15, -0.1) is 0 Å². The molecule has 2 aromatic rings. The minimum absolute atomic E-state index is 0.00912. The second-order valence-corrected chi connectivity index (χ2v) is 7.96. The minimum atomic E-state index is -0.568. The molecule has 2 saturated heterocycles. The number of piperidine rings is 1. The number of amides is 1. The van der Waals surface area contributed by atoms with Crippen LogP contribution in [0.4, 0.5) is 11.6 Å². The second-order valence-electron chi connectivity index (χ2n) is 7.96. The maximum Gasteiger partial charge on any atom is 0.235 e. The Morgan fingerprint density at radius 3 is 2.39 bits per heavy atom. The molecule has 0 aliphatic carbocycles. The highest BCUT2D eigenvalue weighted by molar-refractivity contribution is 5.99. The first-order valence-electron chi connectivity index (χ1n) is 10.2. The largest absolute Gasteiger partial charge is 0.381 e. The number of carbonyl (C=O) groups is 1. The Kier molecular flexibility index (Phi) is 5.57. The molecule has 2 aliphatic rings. The topological polar surface area (TPSA) is 67.4 Å². The van der Waals surface area contributed by atoms with Crippen molar-refractivity contribution in [3.63, 3.8) is 0 Å². The first-order valence-corrected chi connectivity index (χ1v) is 10.2. The quantitative estimate of drug-likeness (QED) is 0.881. The molecule has 3 heterocycles. The van der Waals surface area contributed by atoms with Gasteiger partial charge < -0.3 is 15.0 Å². The zero-order valence-corrected chi connectivity index (χ0v) is 16.4. The van der Waals surface area contributed by atoms with Crippen LogP contribution in [0.1, 0.15) is 38.2 Å². The lowest BCUT2D eigenvalue weighted by Gasteiger charge is -2.36. The van der Waals surface area contributed by atoms with E-state index < -0.39 is 5.41 Å². The van der Waals surface area contributed by atoms with E-state index >= 15 is 0 Å². The van der Waals surface area contributed by atoms with Crippen LogP contribution in [0.25, 0.3) is 0 Å². The standard InChI is InChI=1S/C22H28N4O2/c1-17-7-11-26(12-8-17)21-23-15-19(16-24-21)25-20(27)22(9-13-28-14-10-22)18-5-3-2-4-6-18/h2-6,15-17H,7-14H2,1H3,(H,25,27). The molecular formula is C22H28N4O2. The molecule has 0 saturated carbocycles. The van der Waals surface area contributed by atoms with E-state index in [1.807, 2.05) is 30.3 Å². The van der Waals surface area contributed by atoms with Gasteiger partial charge in [0, 0.05) is 26.3 Å². The van der Waals surface area contributed by atoms with Crippen molar-refractivity contribution in [2.75, 3.05) is 36.5 Å². The fourth-order valence-electron chi connectivity index (χ4n) is 4.13. The van der Waals surface area contributed by atoms with Gasteiger partial charge in [-0.3, -0.25) is 4.79 Å². The van der Waals surface area contributed by atoms with Crippen LogP contribution >= 0.6 is 0 Å². The zero-order valence-electron chi connectivity index (χ0n) is 16.4. The van der Waals surface area contributed by atoms with Gasteiger partial charge in [0.2, 0.25) is 11.9 Å². The van der Waals surface area contributed by atoms with E-state index in [-0.39, 0.29) is 5.91 Å². The molecule has 2 fully saturated rings. The number of hydrogen-bond donors (Lipinski definition) is 1. The Morgan fingerprint density at radius 2 is 1.75 bits per heavy atom. The average molecular weight is 380 g/mol. The number of hydrogen-bond acceptors (Lipinski definition) is 5. The van der Waals surface area contributed by atoms with Gasteiger partial charge in [0.05, 0.1) is 23.5 Å². The highest BCUT2D eigenvalue weighted by atomic mass is 16.5. The Balaban J connectivity index is 1.48. The van der Waals surface area contributed by atoms with E-state index in [4.69, 9.17) is 4.74 Å². The summed E-state index contributed by atoms with van der Waals surface area (Å²) in [6.07, 6.45) is 7.13. The third-order valence-corrected chi connectivity index (χ3v) is 6.07. The Morgan fingerprint density at radius 1 is 1.11 bits per heavy atom. The summed E-state index contributed by atoms with van der Waals surface area (Å²) in [6, 6.07) is 10.0. The van der Waals surface area contributed by atoms with Crippen molar-refractivity contribution >= 4 is 17.5 Å². The number of rotatable bonds is 4. The van der Waals surface area contributed by atoms with Crippen LogP contribution in [0.5, 0.6) is 0 Å². The molecule has 0 unspecified atom stereocenters. The van der Waals surface area contributed by atoms with E-state index in [9.17, 15) is 4.79 Å². The van der Waals surface area contributed by atoms with Gasteiger partial charge in [-0.2, -0.15) is 0 Å². The number of anilines is 2. The monoisotopic (exact) mass is 380 g/mol. The zero-order chi connectivity index (χ0) is 19.4. The highest BCUT2D eigenvalue weighted by Crippen LogP contribution is 2.36. The molecule has 1 aromatic heterocycles. The molecule has 0 bridgehead atoms. The lowest BCUT2D eigenvalue weighted by molar-refractivity contribution is -0.125. The van der Waals surface area contributed by atoms with Crippen molar-refractivity contribution in [1.82, 2.24) is 9.97 Å². The van der Waals surface area contributed by atoms with Crippen molar-refractivity contribution in [3.8, 4) is 0 Å². The van der Waals surface area contributed by atoms with Crippen molar-refractivity contribution in [2.45, 2.75) is 38.0 Å². The van der Waals surface area contributed by atoms with Crippen LogP contribution in [0.15, 0.2) is 42.7 Å². The Bertz CT molecular complexity index is 780. The van der Waals surface area contributed by atoms with Gasteiger partial charge in [-0.1, -0.05) is 37.3 Å². The van der Waals surface area contributed by atoms with Gasteiger partial charge in [-0.25, -0.2) is 9.97 Å². The molecule has 1 N–H and O–H groups in total. The molecule has 6 nitrogen and oxygen atoms in total. The van der Waals surface area contributed by atoms with Gasteiger partial charge in [0.25, 0.3) is 0 Å². The highest BCUT2D eigenvalue weighted by Gasteiger charge is 2.41. The first-order chi connectivity index (χ1) is 13.7. The van der Waals surface area contributed by atoms with E-state index in [2.05, 4.69) is 27.1 Å². The van der Waals surface area contributed by atoms with Crippen molar-refractivity contribution in [2.24, 2.45) is 5.92 Å². The summed E-state index contributed by atoms with van der Waals surface area (Å²) < 4.78 is 5.53. The van der Waals surface area contributed by atoms with Crippen LogP contribution in [0.3, 0.4) is 0 Å². The van der Waals surface area contributed by atoms with Crippen LogP contribution < -0.4 is 10.2 Å². The molecule has 1 amide bonds. The summed E-state index contributed by atoms with van der Waals surface area (Å²) in [6.45, 7) is 5.44. The number of aromatic nitrogens is 2. The van der Waals surface area contributed by atoms with Crippen LogP contribution in [-0.2, 0) is 14.9 Å². The van der Waals surface area contributed by atoms with Crippen molar-refractivity contribution < 1.29 is 9.53 Å². The van der Waals surface area contributed by atoms with Crippen molar-refractivity contribution in [1.29, 1.82) is 0 Å². The third-order valence-electron chi connectivity index (χ3n) is 6.07. The molecule has 0 radical (unpaired) electrons. The lowest BCUT2D eigenvalue weighted by Crippen LogP contribution is -2.44. The van der Waals surface area contributed by atoms with Gasteiger partial charge in [0.15, 0.2) is 0 Å². The van der Waals surface area contributed by atoms with Gasteiger partial charge in [-0.05, 0) is 37.2 Å². The van der Waals surface area contributed by atoms with E-state index in [0.29, 0.717) is 31.7 Å². The van der Waals surface area contributed by atoms with E-state index in [1.165, 1.54) is 12.8 Å². The summed E-state index contributed by atoms with van der Waals surface area (Å²) in [5.74, 6) is 1.50. The van der Waals surface area contributed by atoms with Gasteiger partial charge in [0.1, 0.15) is 0 Å². The maximum atomic E-state index is 13.3.